The average molecular weight is 226 g/mol. The van der Waals surface area contributed by atoms with E-state index in [0.717, 1.165) is 11.5 Å². The zero-order chi connectivity index (χ0) is 9.80. The van der Waals surface area contributed by atoms with Gasteiger partial charge in [-0.2, -0.15) is 0 Å². The molecular weight excluding hydrogens is 216 g/mol. The minimum absolute atomic E-state index is 0.104. The molecule has 1 aromatic carbocycles. The first-order valence-corrected chi connectivity index (χ1v) is 5.75. The number of rotatable bonds is 3. The van der Waals surface area contributed by atoms with E-state index in [9.17, 15) is 0 Å². The van der Waals surface area contributed by atoms with Gasteiger partial charge < -0.3 is 9.47 Å². The summed E-state index contributed by atoms with van der Waals surface area (Å²) in [6, 6.07) is 9.72. The quantitative estimate of drug-likeness (QED) is 0.737. The first kappa shape index (κ1) is 9.80. The zero-order valence-electron chi connectivity index (χ0n) is 7.51. The lowest BCUT2D eigenvalue weighted by Crippen LogP contribution is -2.19. The van der Waals surface area contributed by atoms with Gasteiger partial charge in [0, 0.05) is 5.75 Å². The second kappa shape index (κ2) is 4.66. The number of thioether (sulfide) groups is 1. The van der Waals surface area contributed by atoms with Gasteiger partial charge in [-0.1, -0.05) is 30.0 Å². The van der Waals surface area contributed by atoms with E-state index in [1.165, 1.54) is 0 Å². The fraction of sp³-hybridized carbons (Fsp3) is 0.300. The van der Waals surface area contributed by atoms with Crippen molar-refractivity contribution in [1.82, 2.24) is 0 Å². The van der Waals surface area contributed by atoms with Crippen LogP contribution in [0.3, 0.4) is 0 Å². The van der Waals surface area contributed by atoms with Crippen LogP contribution in [-0.2, 0) is 4.74 Å². The maximum atomic E-state index is 5.54. The number of hydrogen-bond donors (Lipinski definition) is 0. The molecule has 4 heteroatoms. The van der Waals surface area contributed by atoms with Crippen LogP contribution in [0.2, 0.25) is 0 Å². The molecule has 0 bridgehead atoms. The van der Waals surface area contributed by atoms with Crippen molar-refractivity contribution in [3.8, 4) is 5.75 Å². The van der Waals surface area contributed by atoms with E-state index >= 15 is 0 Å². The maximum absolute atomic E-state index is 5.54. The Labute approximate surface area is 92.6 Å². The Bertz CT molecular complexity index is 313. The number of thiocarbonyl (C=S) groups is 1. The van der Waals surface area contributed by atoms with E-state index in [4.69, 9.17) is 21.7 Å². The lowest BCUT2D eigenvalue weighted by molar-refractivity contribution is 0.151. The van der Waals surface area contributed by atoms with E-state index in [2.05, 4.69) is 0 Å². The molecule has 0 N–H and O–H groups in total. The molecule has 1 unspecified atom stereocenters. The number of benzene rings is 1. The van der Waals surface area contributed by atoms with E-state index < -0.39 is 0 Å². The molecule has 2 rings (SSSR count). The van der Waals surface area contributed by atoms with E-state index in [-0.39, 0.29) is 6.10 Å². The van der Waals surface area contributed by atoms with E-state index in [1.54, 1.807) is 11.8 Å². The van der Waals surface area contributed by atoms with Gasteiger partial charge >= 0.3 is 0 Å². The van der Waals surface area contributed by atoms with Gasteiger partial charge in [0.15, 0.2) is 0 Å². The molecule has 0 amide bonds. The van der Waals surface area contributed by atoms with Crippen LogP contribution < -0.4 is 4.74 Å². The van der Waals surface area contributed by atoms with Crippen molar-refractivity contribution in [2.45, 2.75) is 6.10 Å². The molecule has 1 aliphatic heterocycles. The van der Waals surface area contributed by atoms with Crippen LogP contribution in [-0.4, -0.2) is 22.8 Å². The molecule has 1 aromatic rings. The monoisotopic (exact) mass is 226 g/mol. The summed E-state index contributed by atoms with van der Waals surface area (Å²) >= 11 is 6.48. The van der Waals surface area contributed by atoms with Crippen LogP contribution in [0.15, 0.2) is 30.3 Å². The Kier molecular flexibility index (Phi) is 3.26. The molecule has 0 radical (unpaired) electrons. The fourth-order valence-corrected chi connectivity index (χ4v) is 2.18. The minimum atomic E-state index is 0.104. The second-order valence-electron chi connectivity index (χ2n) is 2.92. The van der Waals surface area contributed by atoms with Crippen molar-refractivity contribution in [1.29, 1.82) is 0 Å². The van der Waals surface area contributed by atoms with E-state index in [0.29, 0.717) is 11.0 Å². The van der Waals surface area contributed by atoms with Crippen LogP contribution in [0, 0.1) is 0 Å². The average Bonchev–Trinajstić information content (AvgIpc) is 2.63. The van der Waals surface area contributed by atoms with Gasteiger partial charge in [0.2, 0.25) is 4.38 Å². The van der Waals surface area contributed by atoms with Gasteiger partial charge in [0.1, 0.15) is 18.5 Å². The van der Waals surface area contributed by atoms with Gasteiger partial charge in [-0.25, -0.2) is 0 Å². The Balaban J connectivity index is 1.80. The summed E-state index contributed by atoms with van der Waals surface area (Å²) in [5.74, 6) is 1.77. The lowest BCUT2D eigenvalue weighted by atomic mass is 10.3. The summed E-state index contributed by atoms with van der Waals surface area (Å²) in [5, 5.41) is 0. The predicted octanol–water partition coefficient (Wildman–Crippen LogP) is 2.48. The van der Waals surface area contributed by atoms with Crippen molar-refractivity contribution in [2.24, 2.45) is 0 Å². The molecule has 0 aliphatic carbocycles. The van der Waals surface area contributed by atoms with Crippen LogP contribution in [0.5, 0.6) is 5.75 Å². The summed E-state index contributed by atoms with van der Waals surface area (Å²) in [6.07, 6.45) is 0.104. The highest BCUT2D eigenvalue weighted by Crippen LogP contribution is 2.20. The fourth-order valence-electron chi connectivity index (χ4n) is 1.15. The van der Waals surface area contributed by atoms with Gasteiger partial charge in [-0.05, 0) is 24.4 Å². The molecular formula is C10H10O2S2. The maximum Gasteiger partial charge on any atom is 0.220 e. The Morgan fingerprint density at radius 2 is 2.21 bits per heavy atom. The first-order valence-electron chi connectivity index (χ1n) is 4.36. The highest BCUT2D eigenvalue weighted by molar-refractivity contribution is 8.22. The summed E-state index contributed by atoms with van der Waals surface area (Å²) in [4.78, 5) is 0. The lowest BCUT2D eigenvalue weighted by Gasteiger charge is -2.10. The minimum Gasteiger partial charge on any atom is -0.490 e. The third kappa shape index (κ3) is 2.62. The molecule has 1 atom stereocenters. The molecule has 14 heavy (non-hydrogen) atoms. The van der Waals surface area contributed by atoms with Crippen molar-refractivity contribution < 1.29 is 9.47 Å². The van der Waals surface area contributed by atoms with E-state index in [1.807, 2.05) is 30.3 Å². The van der Waals surface area contributed by atoms with Gasteiger partial charge in [-0.15, -0.1) is 0 Å². The smallest absolute Gasteiger partial charge is 0.220 e. The number of hydrogen-bond acceptors (Lipinski definition) is 4. The molecule has 1 heterocycles. The molecule has 0 saturated carbocycles. The third-order valence-corrected chi connectivity index (χ3v) is 3.15. The predicted molar refractivity (Wildman–Crippen MR) is 61.9 cm³/mol. The molecule has 74 valence electrons. The zero-order valence-corrected chi connectivity index (χ0v) is 9.14. The van der Waals surface area contributed by atoms with Crippen molar-refractivity contribution in [2.75, 3.05) is 12.4 Å². The summed E-state index contributed by atoms with van der Waals surface area (Å²) < 4.78 is 11.5. The molecule has 1 fully saturated rings. The molecule has 2 nitrogen and oxygen atoms in total. The van der Waals surface area contributed by atoms with Crippen molar-refractivity contribution in [3.63, 3.8) is 0 Å². The first-order chi connectivity index (χ1) is 6.84. The number of ether oxygens (including phenoxy) is 2. The van der Waals surface area contributed by atoms with Gasteiger partial charge in [-0.3, -0.25) is 0 Å². The highest BCUT2D eigenvalue weighted by atomic mass is 32.2. The molecule has 1 aliphatic rings. The normalized spacial score (nSPS) is 20.6. The number of para-hydroxylation sites is 1. The van der Waals surface area contributed by atoms with Crippen LogP contribution in [0.25, 0.3) is 0 Å². The second-order valence-corrected chi connectivity index (χ2v) is 4.55. The van der Waals surface area contributed by atoms with Crippen molar-refractivity contribution in [3.05, 3.63) is 30.3 Å². The molecule has 0 aromatic heterocycles. The standard InChI is InChI=1S/C10H10O2S2/c13-10-12-9(7-14-10)6-11-8-4-2-1-3-5-8/h1-5,9H,6-7H2. The largest absolute Gasteiger partial charge is 0.490 e. The Morgan fingerprint density at radius 3 is 2.86 bits per heavy atom. The van der Waals surface area contributed by atoms with Gasteiger partial charge in [0.05, 0.1) is 0 Å². The summed E-state index contributed by atoms with van der Waals surface area (Å²) in [6.45, 7) is 0.567. The summed E-state index contributed by atoms with van der Waals surface area (Å²) in [5.41, 5.74) is 0. The SMILES string of the molecule is S=C1OC(COc2ccccc2)CS1. The van der Waals surface area contributed by atoms with Crippen LogP contribution in [0.1, 0.15) is 0 Å². The Morgan fingerprint density at radius 1 is 1.43 bits per heavy atom. The van der Waals surface area contributed by atoms with Gasteiger partial charge in [0.25, 0.3) is 0 Å². The molecule has 0 spiro atoms. The van der Waals surface area contributed by atoms with Crippen LogP contribution >= 0.6 is 24.0 Å². The van der Waals surface area contributed by atoms with Crippen molar-refractivity contribution >= 4 is 28.4 Å². The Hall–Kier alpha value is -0.740. The molecule has 1 saturated heterocycles. The third-order valence-electron chi connectivity index (χ3n) is 1.83. The topological polar surface area (TPSA) is 18.5 Å². The highest BCUT2D eigenvalue weighted by Gasteiger charge is 2.21. The summed E-state index contributed by atoms with van der Waals surface area (Å²) in [7, 11) is 0. The van der Waals surface area contributed by atoms with Crippen LogP contribution in [0.4, 0.5) is 0 Å².